The lowest BCUT2D eigenvalue weighted by atomic mass is 9.89. The third-order valence-corrected chi connectivity index (χ3v) is 3.47. The number of ether oxygens (including phenoxy) is 1. The topological polar surface area (TPSA) is 105 Å². The van der Waals surface area contributed by atoms with Crippen molar-refractivity contribution in [3.8, 4) is 0 Å². The molecule has 2 rings (SSSR count). The minimum Gasteiger partial charge on any atom is -0.394 e. The van der Waals surface area contributed by atoms with Gasteiger partial charge in [0.05, 0.1) is 12.7 Å². The molecule has 0 aliphatic carbocycles. The molecule has 112 valence electrons. The standard InChI is InChI=1S/C13H20N2O5/c1-13(2,3)7-5-15(12(19)14-11(7)18)10-4-8(17)9(6-16)20-10/h5,8-10,16-17H,4,6H2,1-3H3,(H,14,18,19). The molecular formula is C13H20N2O5. The Labute approximate surface area is 115 Å². The van der Waals surface area contributed by atoms with E-state index in [1.54, 1.807) is 0 Å². The molecule has 0 amide bonds. The first-order valence-corrected chi connectivity index (χ1v) is 6.54. The normalized spacial score (nSPS) is 26.9. The molecule has 7 heteroatoms. The van der Waals surface area contributed by atoms with Crippen LogP contribution in [0.15, 0.2) is 15.8 Å². The monoisotopic (exact) mass is 284 g/mol. The summed E-state index contributed by atoms with van der Waals surface area (Å²) in [7, 11) is 0. The largest absolute Gasteiger partial charge is 0.394 e. The maximum atomic E-state index is 11.9. The van der Waals surface area contributed by atoms with E-state index in [1.165, 1.54) is 10.8 Å². The van der Waals surface area contributed by atoms with Crippen molar-refractivity contribution in [1.29, 1.82) is 0 Å². The van der Waals surface area contributed by atoms with Crippen LogP contribution in [0.5, 0.6) is 0 Å². The number of nitrogens with zero attached hydrogens (tertiary/aromatic N) is 1. The number of aliphatic hydroxyl groups is 2. The van der Waals surface area contributed by atoms with Gasteiger partial charge in [0.25, 0.3) is 5.56 Å². The van der Waals surface area contributed by atoms with E-state index < -0.39 is 35.1 Å². The molecule has 1 fully saturated rings. The van der Waals surface area contributed by atoms with Crippen LogP contribution in [-0.4, -0.2) is 38.6 Å². The third-order valence-electron chi connectivity index (χ3n) is 3.47. The summed E-state index contributed by atoms with van der Waals surface area (Å²) in [6.07, 6.45) is -0.564. The molecule has 1 aromatic rings. The van der Waals surface area contributed by atoms with Gasteiger partial charge in [0.15, 0.2) is 0 Å². The van der Waals surface area contributed by atoms with Crippen molar-refractivity contribution in [3.05, 3.63) is 32.6 Å². The second-order valence-corrected chi connectivity index (χ2v) is 6.07. The number of aliphatic hydroxyl groups excluding tert-OH is 2. The lowest BCUT2D eigenvalue weighted by molar-refractivity contribution is -0.0460. The lowest BCUT2D eigenvalue weighted by Crippen LogP contribution is -2.37. The molecule has 1 saturated heterocycles. The molecule has 1 aliphatic heterocycles. The smallest absolute Gasteiger partial charge is 0.330 e. The molecule has 0 spiro atoms. The SMILES string of the molecule is CC(C)(C)c1cn(C2CC(O)C(CO)O2)c(=O)[nH]c1=O. The molecule has 0 radical (unpaired) electrons. The van der Waals surface area contributed by atoms with Gasteiger partial charge in [0.1, 0.15) is 12.3 Å². The average molecular weight is 284 g/mol. The third kappa shape index (κ3) is 2.70. The summed E-state index contributed by atoms with van der Waals surface area (Å²) in [6.45, 7) is 5.29. The summed E-state index contributed by atoms with van der Waals surface area (Å²) in [4.78, 5) is 26.0. The maximum Gasteiger partial charge on any atom is 0.330 e. The lowest BCUT2D eigenvalue weighted by Gasteiger charge is -2.21. The Morgan fingerprint density at radius 1 is 1.45 bits per heavy atom. The van der Waals surface area contributed by atoms with Gasteiger partial charge >= 0.3 is 5.69 Å². The zero-order chi connectivity index (χ0) is 15.1. The van der Waals surface area contributed by atoms with Gasteiger partial charge in [-0.2, -0.15) is 0 Å². The van der Waals surface area contributed by atoms with Crippen LogP contribution >= 0.6 is 0 Å². The Morgan fingerprint density at radius 2 is 2.10 bits per heavy atom. The van der Waals surface area contributed by atoms with Crippen LogP contribution in [0.3, 0.4) is 0 Å². The van der Waals surface area contributed by atoms with E-state index in [1.807, 2.05) is 20.8 Å². The van der Waals surface area contributed by atoms with Gasteiger partial charge < -0.3 is 14.9 Å². The van der Waals surface area contributed by atoms with E-state index in [2.05, 4.69) is 4.98 Å². The predicted octanol–water partition coefficient (Wildman–Crippen LogP) is -0.525. The van der Waals surface area contributed by atoms with Gasteiger partial charge in [-0.25, -0.2) is 4.79 Å². The summed E-state index contributed by atoms with van der Waals surface area (Å²) in [6, 6.07) is 0. The Hall–Kier alpha value is -1.44. The summed E-state index contributed by atoms with van der Waals surface area (Å²) < 4.78 is 6.70. The van der Waals surface area contributed by atoms with Crippen LogP contribution in [0.25, 0.3) is 0 Å². The van der Waals surface area contributed by atoms with Crippen molar-refractivity contribution in [2.75, 3.05) is 6.61 Å². The van der Waals surface area contributed by atoms with Crippen LogP contribution in [0.2, 0.25) is 0 Å². The molecule has 0 saturated carbocycles. The number of rotatable bonds is 2. The van der Waals surface area contributed by atoms with Crippen LogP contribution in [-0.2, 0) is 10.2 Å². The van der Waals surface area contributed by atoms with Crippen molar-refractivity contribution in [2.45, 2.75) is 51.0 Å². The first-order chi connectivity index (χ1) is 9.24. The van der Waals surface area contributed by atoms with E-state index >= 15 is 0 Å². The van der Waals surface area contributed by atoms with Gasteiger partial charge in [-0.15, -0.1) is 0 Å². The van der Waals surface area contributed by atoms with E-state index in [0.29, 0.717) is 5.56 Å². The molecule has 3 unspecified atom stereocenters. The minimum absolute atomic E-state index is 0.195. The molecule has 1 aliphatic rings. The fraction of sp³-hybridized carbons (Fsp3) is 0.692. The van der Waals surface area contributed by atoms with Crippen LogP contribution in [0.1, 0.15) is 39.0 Å². The Kier molecular flexibility index (Phi) is 3.86. The highest BCUT2D eigenvalue weighted by atomic mass is 16.5. The van der Waals surface area contributed by atoms with Gasteiger partial charge in [-0.3, -0.25) is 14.3 Å². The van der Waals surface area contributed by atoms with Crippen molar-refractivity contribution in [2.24, 2.45) is 0 Å². The highest BCUT2D eigenvalue weighted by Crippen LogP contribution is 2.28. The fourth-order valence-electron chi connectivity index (χ4n) is 2.28. The number of hydrogen-bond acceptors (Lipinski definition) is 5. The van der Waals surface area contributed by atoms with Crippen molar-refractivity contribution >= 4 is 0 Å². The van der Waals surface area contributed by atoms with Gasteiger partial charge in [-0.1, -0.05) is 20.8 Å². The Balaban J connectivity index is 2.43. The van der Waals surface area contributed by atoms with E-state index in [4.69, 9.17) is 9.84 Å². The molecule has 20 heavy (non-hydrogen) atoms. The molecule has 3 N–H and O–H groups in total. The molecule has 2 heterocycles. The van der Waals surface area contributed by atoms with Crippen LogP contribution in [0.4, 0.5) is 0 Å². The van der Waals surface area contributed by atoms with Crippen molar-refractivity contribution in [1.82, 2.24) is 9.55 Å². The molecule has 3 atom stereocenters. The predicted molar refractivity (Wildman–Crippen MR) is 71.6 cm³/mol. The fourth-order valence-corrected chi connectivity index (χ4v) is 2.28. The highest BCUT2D eigenvalue weighted by Gasteiger charge is 2.35. The quantitative estimate of drug-likeness (QED) is 0.677. The second-order valence-electron chi connectivity index (χ2n) is 6.07. The van der Waals surface area contributed by atoms with Crippen LogP contribution < -0.4 is 11.2 Å². The molecule has 1 aromatic heterocycles. The van der Waals surface area contributed by atoms with Crippen molar-refractivity contribution < 1.29 is 14.9 Å². The first kappa shape index (κ1) is 15.0. The number of aromatic amines is 1. The van der Waals surface area contributed by atoms with E-state index in [9.17, 15) is 14.7 Å². The number of H-pyrrole nitrogens is 1. The Morgan fingerprint density at radius 3 is 2.60 bits per heavy atom. The molecular weight excluding hydrogens is 264 g/mol. The number of hydrogen-bond donors (Lipinski definition) is 3. The summed E-state index contributed by atoms with van der Waals surface area (Å²) in [5.74, 6) is 0. The summed E-state index contributed by atoms with van der Waals surface area (Å²) in [5.41, 5.74) is -0.964. The van der Waals surface area contributed by atoms with Gasteiger partial charge in [0, 0.05) is 18.2 Å². The number of aromatic nitrogens is 2. The summed E-state index contributed by atoms with van der Waals surface area (Å²) in [5, 5.41) is 18.8. The van der Waals surface area contributed by atoms with E-state index in [-0.39, 0.29) is 13.0 Å². The minimum atomic E-state index is -0.832. The zero-order valence-corrected chi connectivity index (χ0v) is 11.8. The van der Waals surface area contributed by atoms with E-state index in [0.717, 1.165) is 0 Å². The molecule has 7 nitrogen and oxygen atoms in total. The Bertz CT molecular complexity index is 598. The zero-order valence-electron chi connectivity index (χ0n) is 11.8. The average Bonchev–Trinajstić information content (AvgIpc) is 2.68. The molecule has 0 aromatic carbocycles. The number of nitrogens with one attached hydrogen (secondary N) is 1. The first-order valence-electron chi connectivity index (χ1n) is 6.54. The maximum absolute atomic E-state index is 11.9. The summed E-state index contributed by atoms with van der Waals surface area (Å²) >= 11 is 0. The molecule has 0 bridgehead atoms. The second kappa shape index (κ2) is 5.16. The highest BCUT2D eigenvalue weighted by molar-refractivity contribution is 5.15. The van der Waals surface area contributed by atoms with Gasteiger partial charge in [0.2, 0.25) is 0 Å². The van der Waals surface area contributed by atoms with Gasteiger partial charge in [-0.05, 0) is 5.41 Å². The van der Waals surface area contributed by atoms with Crippen LogP contribution in [0, 0.1) is 0 Å². The van der Waals surface area contributed by atoms with Crippen molar-refractivity contribution in [3.63, 3.8) is 0 Å².